The van der Waals surface area contributed by atoms with Crippen LogP contribution in [0.5, 0.6) is 0 Å². The maximum Gasteiger partial charge on any atom is 0.133 e. The van der Waals surface area contributed by atoms with Crippen LogP contribution in [0.3, 0.4) is 0 Å². The molecule has 0 fully saturated rings. The molecule has 0 saturated heterocycles. The molecular weight excluding hydrogens is 269 g/mol. The number of hydrogen-bond acceptors (Lipinski definition) is 2. The summed E-state index contributed by atoms with van der Waals surface area (Å²) in [5, 5.41) is 3.76. The van der Waals surface area contributed by atoms with Crippen LogP contribution in [-0.2, 0) is 6.54 Å². The Morgan fingerprint density at radius 3 is 2.83 bits per heavy atom. The van der Waals surface area contributed by atoms with Crippen molar-refractivity contribution in [2.75, 3.05) is 6.54 Å². The third-order valence-electron chi connectivity index (χ3n) is 2.58. The number of thiophene rings is 1. The van der Waals surface area contributed by atoms with Gasteiger partial charge in [-0.05, 0) is 43.3 Å². The predicted molar refractivity (Wildman–Crippen MR) is 76.7 cm³/mol. The van der Waals surface area contributed by atoms with Crippen molar-refractivity contribution >= 4 is 22.9 Å². The average Bonchev–Trinajstić information content (AvgIpc) is 2.78. The Labute approximate surface area is 116 Å². The fourth-order valence-electron chi connectivity index (χ4n) is 1.70. The van der Waals surface area contributed by atoms with Gasteiger partial charge >= 0.3 is 0 Å². The van der Waals surface area contributed by atoms with Crippen LogP contribution >= 0.6 is 22.9 Å². The quantitative estimate of drug-likeness (QED) is 0.784. The van der Waals surface area contributed by atoms with Crippen molar-refractivity contribution in [3.05, 3.63) is 46.0 Å². The SMILES string of the molecule is CCCNCc1ccc(-c2ccc(Cl)cc2F)s1. The van der Waals surface area contributed by atoms with Crippen LogP contribution in [0.2, 0.25) is 5.02 Å². The van der Waals surface area contributed by atoms with Crippen molar-refractivity contribution < 1.29 is 4.39 Å². The summed E-state index contributed by atoms with van der Waals surface area (Å²) in [7, 11) is 0. The molecule has 0 radical (unpaired) electrons. The second-order valence-electron chi connectivity index (χ2n) is 4.07. The van der Waals surface area contributed by atoms with E-state index in [-0.39, 0.29) is 5.82 Å². The number of rotatable bonds is 5. The highest BCUT2D eigenvalue weighted by molar-refractivity contribution is 7.15. The van der Waals surface area contributed by atoms with Crippen LogP contribution in [-0.4, -0.2) is 6.54 Å². The molecule has 0 aliphatic rings. The largest absolute Gasteiger partial charge is 0.312 e. The van der Waals surface area contributed by atoms with Gasteiger partial charge in [-0.3, -0.25) is 0 Å². The molecule has 0 atom stereocenters. The molecule has 4 heteroatoms. The van der Waals surface area contributed by atoms with Crippen molar-refractivity contribution in [1.82, 2.24) is 5.32 Å². The molecule has 0 bridgehead atoms. The van der Waals surface area contributed by atoms with E-state index in [4.69, 9.17) is 11.6 Å². The van der Waals surface area contributed by atoms with Crippen molar-refractivity contribution in [2.24, 2.45) is 0 Å². The Morgan fingerprint density at radius 2 is 2.11 bits per heavy atom. The van der Waals surface area contributed by atoms with E-state index in [0.717, 1.165) is 24.4 Å². The average molecular weight is 284 g/mol. The van der Waals surface area contributed by atoms with Gasteiger partial charge in [-0.2, -0.15) is 0 Å². The Balaban J connectivity index is 2.13. The lowest BCUT2D eigenvalue weighted by atomic mass is 10.2. The maximum absolute atomic E-state index is 13.8. The molecule has 0 aliphatic carbocycles. The molecule has 0 spiro atoms. The summed E-state index contributed by atoms with van der Waals surface area (Å²) in [4.78, 5) is 2.16. The highest BCUT2D eigenvalue weighted by Gasteiger charge is 2.08. The minimum Gasteiger partial charge on any atom is -0.312 e. The Hall–Kier alpha value is -0.900. The predicted octanol–water partition coefficient (Wildman–Crippen LogP) is 4.71. The first-order valence-corrected chi connectivity index (χ1v) is 7.15. The summed E-state index contributed by atoms with van der Waals surface area (Å²) in [6.07, 6.45) is 1.12. The molecule has 0 amide bonds. The van der Waals surface area contributed by atoms with Gasteiger partial charge in [0.05, 0.1) is 0 Å². The summed E-state index contributed by atoms with van der Waals surface area (Å²) in [6, 6.07) is 8.80. The van der Waals surface area contributed by atoms with Crippen LogP contribution in [0, 0.1) is 5.82 Å². The van der Waals surface area contributed by atoms with E-state index in [1.165, 1.54) is 10.9 Å². The molecule has 1 aromatic heterocycles. The zero-order valence-corrected chi connectivity index (χ0v) is 11.7. The van der Waals surface area contributed by atoms with Crippen LogP contribution in [0.1, 0.15) is 18.2 Å². The molecule has 2 aromatic rings. The minimum atomic E-state index is -0.266. The zero-order chi connectivity index (χ0) is 13.0. The molecule has 96 valence electrons. The molecule has 1 heterocycles. The van der Waals surface area contributed by atoms with Gasteiger partial charge in [0.2, 0.25) is 0 Å². The lowest BCUT2D eigenvalue weighted by Crippen LogP contribution is -2.12. The van der Waals surface area contributed by atoms with Crippen molar-refractivity contribution in [3.8, 4) is 10.4 Å². The number of benzene rings is 1. The number of nitrogens with one attached hydrogen (secondary N) is 1. The second-order valence-corrected chi connectivity index (χ2v) is 5.67. The second kappa shape index (κ2) is 6.32. The lowest BCUT2D eigenvalue weighted by Gasteiger charge is -2.01. The van der Waals surface area contributed by atoms with Crippen LogP contribution < -0.4 is 5.32 Å². The summed E-state index contributed by atoms with van der Waals surface area (Å²) < 4.78 is 13.8. The third kappa shape index (κ3) is 3.31. The maximum atomic E-state index is 13.8. The summed E-state index contributed by atoms with van der Waals surface area (Å²) in [5.74, 6) is -0.266. The normalized spacial score (nSPS) is 10.8. The van der Waals surface area contributed by atoms with E-state index in [2.05, 4.69) is 12.2 Å². The number of halogens is 2. The first-order chi connectivity index (χ1) is 8.70. The van der Waals surface area contributed by atoms with Crippen LogP contribution in [0.15, 0.2) is 30.3 Å². The van der Waals surface area contributed by atoms with E-state index < -0.39 is 0 Å². The van der Waals surface area contributed by atoms with Gasteiger partial charge in [0.25, 0.3) is 0 Å². The molecule has 2 rings (SSSR count). The van der Waals surface area contributed by atoms with Gasteiger partial charge in [0.15, 0.2) is 0 Å². The van der Waals surface area contributed by atoms with E-state index in [9.17, 15) is 4.39 Å². The fourth-order valence-corrected chi connectivity index (χ4v) is 2.86. The third-order valence-corrected chi connectivity index (χ3v) is 3.94. The molecule has 0 saturated carbocycles. The zero-order valence-electron chi connectivity index (χ0n) is 10.2. The van der Waals surface area contributed by atoms with Crippen molar-refractivity contribution in [1.29, 1.82) is 0 Å². The van der Waals surface area contributed by atoms with Gasteiger partial charge in [0, 0.05) is 26.9 Å². The van der Waals surface area contributed by atoms with Crippen LogP contribution in [0.4, 0.5) is 4.39 Å². The van der Waals surface area contributed by atoms with Crippen LogP contribution in [0.25, 0.3) is 10.4 Å². The van der Waals surface area contributed by atoms with Gasteiger partial charge in [0.1, 0.15) is 5.82 Å². The highest BCUT2D eigenvalue weighted by Crippen LogP contribution is 2.31. The summed E-state index contributed by atoms with van der Waals surface area (Å²) >= 11 is 7.36. The standard InChI is InChI=1S/C14H15ClFNS/c1-2-7-17-9-11-4-6-14(18-11)12-5-3-10(15)8-13(12)16/h3-6,8,17H,2,7,9H2,1H3. The van der Waals surface area contributed by atoms with E-state index in [0.29, 0.717) is 10.6 Å². The van der Waals surface area contributed by atoms with Crippen molar-refractivity contribution in [3.63, 3.8) is 0 Å². The summed E-state index contributed by atoms with van der Waals surface area (Å²) in [5.41, 5.74) is 0.617. The van der Waals surface area contributed by atoms with E-state index >= 15 is 0 Å². The lowest BCUT2D eigenvalue weighted by molar-refractivity contribution is 0.632. The topological polar surface area (TPSA) is 12.0 Å². The van der Waals surface area contributed by atoms with Gasteiger partial charge in [-0.25, -0.2) is 4.39 Å². The van der Waals surface area contributed by atoms with Gasteiger partial charge < -0.3 is 5.32 Å². The minimum absolute atomic E-state index is 0.266. The molecule has 0 unspecified atom stereocenters. The molecule has 18 heavy (non-hydrogen) atoms. The first kappa shape index (κ1) is 13.5. The smallest absolute Gasteiger partial charge is 0.133 e. The van der Waals surface area contributed by atoms with E-state index in [1.54, 1.807) is 23.5 Å². The molecule has 1 nitrogen and oxygen atoms in total. The Morgan fingerprint density at radius 1 is 1.28 bits per heavy atom. The summed E-state index contributed by atoms with van der Waals surface area (Å²) in [6.45, 7) is 3.98. The molecular formula is C14H15ClFNS. The Kier molecular flexibility index (Phi) is 4.75. The fraction of sp³-hybridized carbons (Fsp3) is 0.286. The van der Waals surface area contributed by atoms with Crippen molar-refractivity contribution in [2.45, 2.75) is 19.9 Å². The Bertz CT molecular complexity index is 524. The molecule has 1 N–H and O–H groups in total. The highest BCUT2D eigenvalue weighted by atomic mass is 35.5. The van der Waals surface area contributed by atoms with Gasteiger partial charge in [-0.15, -0.1) is 11.3 Å². The molecule has 0 aliphatic heterocycles. The van der Waals surface area contributed by atoms with Gasteiger partial charge in [-0.1, -0.05) is 18.5 Å². The number of hydrogen-bond donors (Lipinski definition) is 1. The van der Waals surface area contributed by atoms with E-state index in [1.807, 2.05) is 12.1 Å². The first-order valence-electron chi connectivity index (χ1n) is 5.95. The molecule has 1 aromatic carbocycles. The monoisotopic (exact) mass is 283 g/mol.